The highest BCUT2D eigenvalue weighted by atomic mass is 35.5. The summed E-state index contributed by atoms with van der Waals surface area (Å²) in [6, 6.07) is 2.26. The van der Waals surface area contributed by atoms with Gasteiger partial charge in [0.15, 0.2) is 0 Å². The van der Waals surface area contributed by atoms with Crippen LogP contribution in [0.4, 0.5) is 0 Å². The molecule has 17 heavy (non-hydrogen) atoms. The Morgan fingerprint density at radius 2 is 1.94 bits per heavy atom. The molecule has 1 rings (SSSR count). The number of halogens is 2. The predicted molar refractivity (Wildman–Crippen MR) is 79.4 cm³/mol. The first-order chi connectivity index (χ1) is 7.75. The molecule has 1 heterocycles. The van der Waals surface area contributed by atoms with E-state index in [-0.39, 0.29) is 6.04 Å². The third-order valence-electron chi connectivity index (χ3n) is 3.47. The molecular formula is C13H21Cl2NS. The largest absolute Gasteiger partial charge is 0.313 e. The number of nitrogens with one attached hydrogen (secondary N) is 1. The highest BCUT2D eigenvalue weighted by Gasteiger charge is 2.25. The molecule has 0 aliphatic heterocycles. The lowest BCUT2D eigenvalue weighted by Crippen LogP contribution is -2.25. The van der Waals surface area contributed by atoms with E-state index < -0.39 is 0 Å². The molecule has 0 aromatic carbocycles. The van der Waals surface area contributed by atoms with Crippen molar-refractivity contribution in [2.75, 3.05) is 7.05 Å². The molecule has 2 atom stereocenters. The summed E-state index contributed by atoms with van der Waals surface area (Å²) in [5.74, 6) is 0.606. The van der Waals surface area contributed by atoms with Gasteiger partial charge in [-0.15, -0.1) is 11.3 Å². The van der Waals surface area contributed by atoms with Crippen LogP contribution in [0.2, 0.25) is 8.67 Å². The third-order valence-corrected chi connectivity index (χ3v) is 4.99. The SMILES string of the molecule is CNC(CC(C)C(C)(C)C)c1cc(Cl)sc1Cl. The molecule has 0 saturated carbocycles. The van der Waals surface area contributed by atoms with Crippen molar-refractivity contribution >= 4 is 34.5 Å². The van der Waals surface area contributed by atoms with Crippen LogP contribution in [0.3, 0.4) is 0 Å². The number of thiophene rings is 1. The molecule has 1 nitrogen and oxygen atoms in total. The molecule has 0 aliphatic carbocycles. The zero-order valence-electron chi connectivity index (χ0n) is 11.1. The van der Waals surface area contributed by atoms with Crippen molar-refractivity contribution in [3.05, 3.63) is 20.3 Å². The standard InChI is InChI=1S/C13H21Cl2NS/c1-8(13(2,3)4)6-10(16-5)9-7-11(14)17-12(9)15/h7-8,10,16H,6H2,1-5H3. The molecule has 4 heteroatoms. The summed E-state index contributed by atoms with van der Waals surface area (Å²) in [5, 5.41) is 3.34. The van der Waals surface area contributed by atoms with Gasteiger partial charge in [0.1, 0.15) is 0 Å². The normalized spacial score (nSPS) is 15.9. The lowest BCUT2D eigenvalue weighted by molar-refractivity contribution is 0.226. The Morgan fingerprint density at radius 3 is 2.29 bits per heavy atom. The molecule has 0 aliphatic rings. The summed E-state index contributed by atoms with van der Waals surface area (Å²) in [4.78, 5) is 0. The van der Waals surface area contributed by atoms with E-state index in [0.29, 0.717) is 11.3 Å². The van der Waals surface area contributed by atoms with Crippen molar-refractivity contribution in [2.24, 2.45) is 11.3 Å². The maximum absolute atomic E-state index is 6.21. The van der Waals surface area contributed by atoms with Crippen molar-refractivity contribution in [1.82, 2.24) is 5.32 Å². The van der Waals surface area contributed by atoms with E-state index >= 15 is 0 Å². The van der Waals surface area contributed by atoms with Gasteiger partial charge in [0, 0.05) is 11.6 Å². The Bertz CT molecular complexity index is 368. The first kappa shape index (κ1) is 15.3. The van der Waals surface area contributed by atoms with E-state index in [1.807, 2.05) is 13.1 Å². The summed E-state index contributed by atoms with van der Waals surface area (Å²) < 4.78 is 1.56. The van der Waals surface area contributed by atoms with Crippen LogP contribution in [0.1, 0.15) is 45.7 Å². The number of hydrogen-bond donors (Lipinski definition) is 1. The molecule has 0 bridgehead atoms. The van der Waals surface area contributed by atoms with E-state index in [2.05, 4.69) is 33.0 Å². The lowest BCUT2D eigenvalue weighted by Gasteiger charge is -2.30. The van der Waals surface area contributed by atoms with E-state index in [4.69, 9.17) is 23.2 Å². The smallest absolute Gasteiger partial charge is 0.0991 e. The fourth-order valence-corrected chi connectivity index (χ4v) is 3.28. The Labute approximate surface area is 119 Å². The highest BCUT2D eigenvalue weighted by molar-refractivity contribution is 7.20. The average Bonchev–Trinajstić information content (AvgIpc) is 2.52. The van der Waals surface area contributed by atoms with E-state index in [1.165, 1.54) is 11.3 Å². The maximum atomic E-state index is 6.21. The van der Waals surface area contributed by atoms with Crippen LogP contribution in [0.15, 0.2) is 6.07 Å². The van der Waals surface area contributed by atoms with Crippen molar-refractivity contribution < 1.29 is 0 Å². The van der Waals surface area contributed by atoms with Crippen LogP contribution in [0.5, 0.6) is 0 Å². The van der Waals surface area contributed by atoms with Gasteiger partial charge in [-0.2, -0.15) is 0 Å². The first-order valence-electron chi connectivity index (χ1n) is 5.87. The predicted octanol–water partition coefficient (Wildman–Crippen LogP) is 5.39. The van der Waals surface area contributed by atoms with Gasteiger partial charge < -0.3 is 5.32 Å². The molecule has 0 amide bonds. The van der Waals surface area contributed by atoms with Gasteiger partial charge in [-0.05, 0) is 30.9 Å². The van der Waals surface area contributed by atoms with Crippen LogP contribution in [0.25, 0.3) is 0 Å². The van der Waals surface area contributed by atoms with E-state index in [0.717, 1.165) is 20.7 Å². The highest BCUT2D eigenvalue weighted by Crippen LogP contribution is 2.39. The van der Waals surface area contributed by atoms with Crippen LogP contribution in [0, 0.1) is 11.3 Å². The summed E-state index contributed by atoms with van der Waals surface area (Å²) in [6.07, 6.45) is 1.06. The van der Waals surface area contributed by atoms with Gasteiger partial charge in [-0.3, -0.25) is 0 Å². The Morgan fingerprint density at radius 1 is 1.35 bits per heavy atom. The maximum Gasteiger partial charge on any atom is 0.0991 e. The van der Waals surface area contributed by atoms with E-state index in [1.54, 1.807) is 0 Å². The molecule has 1 N–H and O–H groups in total. The third kappa shape index (κ3) is 4.13. The van der Waals surface area contributed by atoms with Crippen LogP contribution in [-0.4, -0.2) is 7.05 Å². The fourth-order valence-electron chi connectivity index (χ4n) is 1.70. The van der Waals surface area contributed by atoms with Crippen molar-refractivity contribution in [2.45, 2.75) is 40.2 Å². The summed E-state index contributed by atoms with van der Waals surface area (Å²) in [7, 11) is 1.97. The monoisotopic (exact) mass is 293 g/mol. The summed E-state index contributed by atoms with van der Waals surface area (Å²) in [6.45, 7) is 9.10. The molecule has 1 aromatic heterocycles. The van der Waals surface area contributed by atoms with Gasteiger partial charge in [-0.1, -0.05) is 50.9 Å². The topological polar surface area (TPSA) is 12.0 Å². The molecule has 0 fully saturated rings. The number of rotatable bonds is 4. The zero-order valence-corrected chi connectivity index (χ0v) is 13.4. The van der Waals surface area contributed by atoms with Gasteiger partial charge in [0.25, 0.3) is 0 Å². The number of hydrogen-bond acceptors (Lipinski definition) is 2. The first-order valence-corrected chi connectivity index (χ1v) is 7.45. The van der Waals surface area contributed by atoms with Gasteiger partial charge in [0.05, 0.1) is 8.67 Å². The quantitative estimate of drug-likeness (QED) is 0.785. The summed E-state index contributed by atoms with van der Waals surface area (Å²) in [5.41, 5.74) is 1.43. The molecule has 1 aromatic rings. The lowest BCUT2D eigenvalue weighted by atomic mass is 9.78. The molecule has 0 spiro atoms. The molecule has 0 saturated heterocycles. The molecule has 2 unspecified atom stereocenters. The van der Waals surface area contributed by atoms with Gasteiger partial charge in [-0.25, -0.2) is 0 Å². The van der Waals surface area contributed by atoms with E-state index in [9.17, 15) is 0 Å². The van der Waals surface area contributed by atoms with Gasteiger partial charge >= 0.3 is 0 Å². The van der Waals surface area contributed by atoms with Crippen molar-refractivity contribution in [3.63, 3.8) is 0 Å². The van der Waals surface area contributed by atoms with Crippen molar-refractivity contribution in [1.29, 1.82) is 0 Å². The van der Waals surface area contributed by atoms with Crippen LogP contribution >= 0.6 is 34.5 Å². The Hall–Kier alpha value is 0.240. The minimum Gasteiger partial charge on any atom is -0.313 e. The van der Waals surface area contributed by atoms with Crippen molar-refractivity contribution in [3.8, 4) is 0 Å². The molecule has 98 valence electrons. The minimum absolute atomic E-state index is 0.278. The Kier molecular flexibility index (Phi) is 5.33. The molecule has 0 radical (unpaired) electrons. The summed E-state index contributed by atoms with van der Waals surface area (Å²) >= 11 is 13.6. The fraction of sp³-hybridized carbons (Fsp3) is 0.692. The minimum atomic E-state index is 0.278. The second kappa shape index (κ2) is 5.92. The van der Waals surface area contributed by atoms with Crippen LogP contribution < -0.4 is 5.32 Å². The van der Waals surface area contributed by atoms with Crippen LogP contribution in [-0.2, 0) is 0 Å². The Balaban J connectivity index is 2.83. The second-order valence-corrected chi connectivity index (χ2v) is 7.91. The molecular weight excluding hydrogens is 273 g/mol. The second-order valence-electron chi connectivity index (χ2n) is 5.62. The van der Waals surface area contributed by atoms with Gasteiger partial charge in [0.2, 0.25) is 0 Å². The zero-order chi connectivity index (χ0) is 13.2. The average molecular weight is 294 g/mol.